The maximum atomic E-state index is 8.61. The number of hydrogen-bond donors (Lipinski definition) is 1. The SMILES string of the molecule is CC1CC1c1noc(CCCO)n1. The Bertz CT molecular complexity index is 285. The number of aromatic nitrogens is 2. The summed E-state index contributed by atoms with van der Waals surface area (Å²) in [4.78, 5) is 4.27. The first-order chi connectivity index (χ1) is 6.31. The molecule has 1 aliphatic rings. The monoisotopic (exact) mass is 182 g/mol. The molecular formula is C9H14N2O2. The zero-order chi connectivity index (χ0) is 9.26. The smallest absolute Gasteiger partial charge is 0.226 e. The quantitative estimate of drug-likeness (QED) is 0.758. The van der Waals surface area contributed by atoms with Gasteiger partial charge in [0.2, 0.25) is 5.89 Å². The molecule has 0 saturated heterocycles. The molecule has 2 rings (SSSR count). The average molecular weight is 182 g/mol. The van der Waals surface area contributed by atoms with Crippen LogP contribution in [0.3, 0.4) is 0 Å². The third-order valence-electron chi connectivity index (χ3n) is 2.47. The Morgan fingerprint density at radius 3 is 3.00 bits per heavy atom. The summed E-state index contributed by atoms with van der Waals surface area (Å²) in [7, 11) is 0. The molecule has 1 aromatic rings. The third kappa shape index (κ3) is 1.88. The van der Waals surface area contributed by atoms with Crippen molar-refractivity contribution in [1.29, 1.82) is 0 Å². The number of rotatable bonds is 4. The Morgan fingerprint density at radius 1 is 1.62 bits per heavy atom. The van der Waals surface area contributed by atoms with Crippen LogP contribution in [0.1, 0.15) is 37.4 Å². The Kier molecular flexibility index (Phi) is 2.31. The Balaban J connectivity index is 1.94. The minimum Gasteiger partial charge on any atom is -0.396 e. The molecule has 4 heteroatoms. The third-order valence-corrected chi connectivity index (χ3v) is 2.47. The van der Waals surface area contributed by atoms with Crippen LogP contribution in [-0.2, 0) is 6.42 Å². The highest BCUT2D eigenvalue weighted by molar-refractivity contribution is 5.07. The lowest BCUT2D eigenvalue weighted by molar-refractivity contribution is 0.278. The molecule has 1 heterocycles. The maximum absolute atomic E-state index is 8.61. The molecule has 1 aliphatic carbocycles. The fraction of sp³-hybridized carbons (Fsp3) is 0.778. The molecule has 13 heavy (non-hydrogen) atoms. The van der Waals surface area contributed by atoms with E-state index in [9.17, 15) is 0 Å². The zero-order valence-electron chi connectivity index (χ0n) is 7.73. The van der Waals surface area contributed by atoms with E-state index in [-0.39, 0.29) is 6.61 Å². The highest BCUT2D eigenvalue weighted by atomic mass is 16.5. The Morgan fingerprint density at radius 2 is 2.38 bits per heavy atom. The number of nitrogens with zero attached hydrogens (tertiary/aromatic N) is 2. The summed E-state index contributed by atoms with van der Waals surface area (Å²) in [5, 5.41) is 12.5. The summed E-state index contributed by atoms with van der Waals surface area (Å²) in [5.74, 6) is 2.73. The van der Waals surface area contributed by atoms with Crippen LogP contribution < -0.4 is 0 Å². The van der Waals surface area contributed by atoms with E-state index >= 15 is 0 Å². The van der Waals surface area contributed by atoms with E-state index in [1.54, 1.807) is 0 Å². The summed E-state index contributed by atoms with van der Waals surface area (Å²) in [5.41, 5.74) is 0. The van der Waals surface area contributed by atoms with Crippen LogP contribution in [0, 0.1) is 5.92 Å². The van der Waals surface area contributed by atoms with E-state index in [1.165, 1.54) is 6.42 Å². The molecule has 4 nitrogen and oxygen atoms in total. The molecule has 2 atom stereocenters. The van der Waals surface area contributed by atoms with Crippen LogP contribution in [-0.4, -0.2) is 21.9 Å². The topological polar surface area (TPSA) is 59.2 Å². The number of aryl methyl sites for hydroxylation is 1. The number of hydrogen-bond acceptors (Lipinski definition) is 4. The molecule has 0 radical (unpaired) electrons. The van der Waals surface area contributed by atoms with Gasteiger partial charge in [-0.3, -0.25) is 0 Å². The maximum Gasteiger partial charge on any atom is 0.226 e. The summed E-state index contributed by atoms with van der Waals surface area (Å²) in [6, 6.07) is 0. The lowest BCUT2D eigenvalue weighted by Crippen LogP contribution is -1.90. The normalized spacial score (nSPS) is 26.3. The van der Waals surface area contributed by atoms with Crippen molar-refractivity contribution in [3.8, 4) is 0 Å². The summed E-state index contributed by atoms with van der Waals surface area (Å²) >= 11 is 0. The van der Waals surface area contributed by atoms with Crippen LogP contribution in [0.2, 0.25) is 0 Å². The van der Waals surface area contributed by atoms with E-state index in [0.29, 0.717) is 30.6 Å². The molecule has 0 aliphatic heterocycles. The largest absolute Gasteiger partial charge is 0.396 e. The van der Waals surface area contributed by atoms with Gasteiger partial charge in [-0.15, -0.1) is 0 Å². The van der Waals surface area contributed by atoms with Crippen LogP contribution in [0.25, 0.3) is 0 Å². The van der Waals surface area contributed by atoms with Gasteiger partial charge in [0.1, 0.15) is 0 Å². The van der Waals surface area contributed by atoms with Crippen molar-refractivity contribution in [3.05, 3.63) is 11.7 Å². The standard InChI is InChI=1S/C9H14N2O2/c1-6-5-7(6)9-10-8(13-11-9)3-2-4-12/h6-7,12H,2-5H2,1H3. The van der Waals surface area contributed by atoms with Gasteiger partial charge >= 0.3 is 0 Å². The van der Waals surface area contributed by atoms with Gasteiger partial charge in [0, 0.05) is 18.9 Å². The van der Waals surface area contributed by atoms with Crippen molar-refractivity contribution in [3.63, 3.8) is 0 Å². The van der Waals surface area contributed by atoms with Gasteiger partial charge in [0.25, 0.3) is 0 Å². The van der Waals surface area contributed by atoms with Gasteiger partial charge in [-0.2, -0.15) is 4.98 Å². The van der Waals surface area contributed by atoms with Crippen molar-refractivity contribution >= 4 is 0 Å². The second kappa shape index (κ2) is 3.46. The van der Waals surface area contributed by atoms with Crippen molar-refractivity contribution in [2.75, 3.05) is 6.61 Å². The van der Waals surface area contributed by atoms with Gasteiger partial charge in [-0.1, -0.05) is 12.1 Å². The van der Waals surface area contributed by atoms with Crippen molar-refractivity contribution < 1.29 is 9.63 Å². The summed E-state index contributed by atoms with van der Waals surface area (Å²) in [6.07, 6.45) is 2.56. The average Bonchev–Trinajstić information content (AvgIpc) is 2.67. The Labute approximate surface area is 77.0 Å². The first-order valence-electron chi connectivity index (χ1n) is 4.74. The van der Waals surface area contributed by atoms with Crippen LogP contribution in [0.4, 0.5) is 0 Å². The molecule has 0 bridgehead atoms. The number of aliphatic hydroxyl groups is 1. The van der Waals surface area contributed by atoms with Gasteiger partial charge in [0.05, 0.1) is 0 Å². The highest BCUT2D eigenvalue weighted by Crippen LogP contribution is 2.45. The minimum absolute atomic E-state index is 0.178. The molecule has 1 fully saturated rings. The second-order valence-electron chi connectivity index (χ2n) is 3.69. The minimum atomic E-state index is 0.178. The van der Waals surface area contributed by atoms with E-state index in [0.717, 1.165) is 5.82 Å². The molecule has 2 unspecified atom stereocenters. The molecule has 1 aromatic heterocycles. The molecule has 0 aromatic carbocycles. The molecular weight excluding hydrogens is 168 g/mol. The lowest BCUT2D eigenvalue weighted by atomic mass is 10.3. The van der Waals surface area contributed by atoms with Crippen LogP contribution >= 0.6 is 0 Å². The van der Waals surface area contributed by atoms with Gasteiger partial charge in [0.15, 0.2) is 5.82 Å². The fourth-order valence-corrected chi connectivity index (χ4v) is 1.43. The first kappa shape index (κ1) is 8.69. The lowest BCUT2D eigenvalue weighted by Gasteiger charge is -1.87. The number of aliphatic hydroxyl groups excluding tert-OH is 1. The van der Waals surface area contributed by atoms with E-state index < -0.39 is 0 Å². The first-order valence-corrected chi connectivity index (χ1v) is 4.74. The van der Waals surface area contributed by atoms with E-state index in [2.05, 4.69) is 17.1 Å². The molecule has 1 N–H and O–H groups in total. The van der Waals surface area contributed by atoms with Crippen molar-refractivity contribution in [1.82, 2.24) is 10.1 Å². The van der Waals surface area contributed by atoms with Crippen molar-refractivity contribution in [2.45, 2.75) is 32.1 Å². The molecule has 72 valence electrons. The fourth-order valence-electron chi connectivity index (χ4n) is 1.43. The van der Waals surface area contributed by atoms with Gasteiger partial charge in [-0.25, -0.2) is 0 Å². The van der Waals surface area contributed by atoms with Gasteiger partial charge in [-0.05, 0) is 18.8 Å². The van der Waals surface area contributed by atoms with Crippen LogP contribution in [0.15, 0.2) is 4.52 Å². The Hall–Kier alpha value is -0.900. The van der Waals surface area contributed by atoms with Gasteiger partial charge < -0.3 is 9.63 Å². The van der Waals surface area contributed by atoms with E-state index in [1.807, 2.05) is 0 Å². The molecule has 0 amide bonds. The predicted octanol–water partition coefficient (Wildman–Crippen LogP) is 1.12. The van der Waals surface area contributed by atoms with E-state index in [4.69, 9.17) is 9.63 Å². The summed E-state index contributed by atoms with van der Waals surface area (Å²) < 4.78 is 5.04. The predicted molar refractivity (Wildman–Crippen MR) is 46.2 cm³/mol. The van der Waals surface area contributed by atoms with Crippen molar-refractivity contribution in [2.24, 2.45) is 5.92 Å². The second-order valence-corrected chi connectivity index (χ2v) is 3.69. The highest BCUT2D eigenvalue weighted by Gasteiger charge is 2.37. The molecule has 0 spiro atoms. The van der Waals surface area contributed by atoms with Crippen LogP contribution in [0.5, 0.6) is 0 Å². The zero-order valence-corrected chi connectivity index (χ0v) is 7.73. The summed E-state index contributed by atoms with van der Waals surface area (Å²) in [6.45, 7) is 2.37. The molecule has 1 saturated carbocycles.